The van der Waals surface area contributed by atoms with Gasteiger partial charge in [-0.05, 0) is 70.6 Å². The monoisotopic (exact) mass is 871 g/mol. The minimum Gasteiger partial charge on any atom is -0.462 e. The first-order valence-corrected chi connectivity index (χ1v) is 27.0. The van der Waals surface area contributed by atoms with Crippen molar-refractivity contribution in [3.63, 3.8) is 0 Å². The van der Waals surface area contributed by atoms with Crippen LogP contribution in [-0.2, 0) is 28.6 Å². The molecule has 0 unspecified atom stereocenters. The molecule has 0 saturated carbocycles. The van der Waals surface area contributed by atoms with Crippen molar-refractivity contribution in [3.8, 4) is 0 Å². The second-order valence-electron chi connectivity index (χ2n) is 18.1. The van der Waals surface area contributed by atoms with Crippen LogP contribution in [0.4, 0.5) is 0 Å². The molecular formula is C56H102O6. The summed E-state index contributed by atoms with van der Waals surface area (Å²) in [7, 11) is 0. The summed E-state index contributed by atoms with van der Waals surface area (Å²) in [6.45, 7) is 6.60. The van der Waals surface area contributed by atoms with Gasteiger partial charge in [-0.25, -0.2) is 0 Å². The number of hydrogen-bond acceptors (Lipinski definition) is 6. The molecule has 0 aliphatic heterocycles. The number of ether oxygens (including phenoxy) is 3. The molecule has 6 heteroatoms. The van der Waals surface area contributed by atoms with Gasteiger partial charge in [0.1, 0.15) is 13.2 Å². The maximum atomic E-state index is 12.8. The lowest BCUT2D eigenvalue weighted by atomic mass is 10.0. The van der Waals surface area contributed by atoms with E-state index in [1.807, 2.05) is 0 Å². The minimum absolute atomic E-state index is 0.0774. The van der Waals surface area contributed by atoms with Gasteiger partial charge in [-0.3, -0.25) is 14.4 Å². The fraction of sp³-hybridized carbons (Fsp3) is 0.839. The third kappa shape index (κ3) is 48.7. The van der Waals surface area contributed by atoms with E-state index in [-0.39, 0.29) is 31.1 Å². The van der Waals surface area contributed by atoms with Crippen molar-refractivity contribution < 1.29 is 28.6 Å². The highest BCUT2D eigenvalue weighted by Crippen LogP contribution is 2.15. The Hall–Kier alpha value is -2.37. The quantitative estimate of drug-likeness (QED) is 0.0262. The van der Waals surface area contributed by atoms with Crippen LogP contribution in [0, 0.1) is 0 Å². The van der Waals surface area contributed by atoms with Crippen molar-refractivity contribution in [1.82, 2.24) is 0 Å². The van der Waals surface area contributed by atoms with Gasteiger partial charge >= 0.3 is 17.9 Å². The van der Waals surface area contributed by atoms with Gasteiger partial charge < -0.3 is 14.2 Å². The Labute approximate surface area is 385 Å². The Bertz CT molecular complexity index is 1050. The first kappa shape index (κ1) is 59.6. The van der Waals surface area contributed by atoms with Crippen molar-refractivity contribution in [3.05, 3.63) is 36.5 Å². The first-order chi connectivity index (χ1) is 30.5. The lowest BCUT2D eigenvalue weighted by Crippen LogP contribution is -2.30. The van der Waals surface area contributed by atoms with Crippen LogP contribution >= 0.6 is 0 Å². The summed E-state index contributed by atoms with van der Waals surface area (Å²) in [4.78, 5) is 38.0. The molecule has 0 radical (unpaired) electrons. The van der Waals surface area contributed by atoms with Crippen LogP contribution in [0.1, 0.15) is 284 Å². The number of carbonyl (C=O) groups excluding carboxylic acids is 3. The Kier molecular flexibility index (Phi) is 49.3. The molecule has 0 fully saturated rings. The Morgan fingerprint density at radius 1 is 0.323 bits per heavy atom. The molecule has 362 valence electrons. The molecular weight excluding hydrogens is 769 g/mol. The average Bonchev–Trinajstić information content (AvgIpc) is 3.27. The van der Waals surface area contributed by atoms with Gasteiger partial charge in [-0.2, -0.15) is 0 Å². The van der Waals surface area contributed by atoms with E-state index in [2.05, 4.69) is 57.2 Å². The highest BCUT2D eigenvalue weighted by Gasteiger charge is 2.19. The van der Waals surface area contributed by atoms with Crippen molar-refractivity contribution in [2.45, 2.75) is 290 Å². The lowest BCUT2D eigenvalue weighted by Gasteiger charge is -2.18. The fourth-order valence-electron chi connectivity index (χ4n) is 7.75. The second kappa shape index (κ2) is 51.3. The average molecular weight is 871 g/mol. The third-order valence-corrected chi connectivity index (χ3v) is 11.9. The summed E-state index contributed by atoms with van der Waals surface area (Å²) in [6, 6.07) is 0. The summed E-state index contributed by atoms with van der Waals surface area (Å²) >= 11 is 0. The molecule has 0 aromatic carbocycles. The zero-order valence-electron chi connectivity index (χ0n) is 41.4. The number of allylic oxidation sites excluding steroid dienone is 6. The van der Waals surface area contributed by atoms with Crippen molar-refractivity contribution >= 4 is 17.9 Å². The minimum atomic E-state index is -0.779. The van der Waals surface area contributed by atoms with E-state index in [4.69, 9.17) is 14.2 Å². The molecule has 0 N–H and O–H groups in total. The van der Waals surface area contributed by atoms with Crippen molar-refractivity contribution in [2.24, 2.45) is 0 Å². The fourth-order valence-corrected chi connectivity index (χ4v) is 7.75. The van der Waals surface area contributed by atoms with E-state index in [0.29, 0.717) is 19.3 Å². The zero-order valence-corrected chi connectivity index (χ0v) is 41.4. The molecule has 0 saturated heterocycles. The molecule has 0 aliphatic carbocycles. The Morgan fingerprint density at radius 3 is 0.952 bits per heavy atom. The van der Waals surface area contributed by atoms with Gasteiger partial charge in [0.25, 0.3) is 0 Å². The molecule has 0 aliphatic rings. The smallest absolute Gasteiger partial charge is 0.306 e. The second-order valence-corrected chi connectivity index (χ2v) is 18.1. The third-order valence-electron chi connectivity index (χ3n) is 11.9. The van der Waals surface area contributed by atoms with E-state index in [1.54, 1.807) is 0 Å². The van der Waals surface area contributed by atoms with Crippen LogP contribution in [0.15, 0.2) is 36.5 Å². The van der Waals surface area contributed by atoms with Gasteiger partial charge in [0.2, 0.25) is 0 Å². The SMILES string of the molecule is CCCC/C=C\C/C=C\CCCCCCCC(=O)O[C@@H](COC(=O)CCCCCCC/C=C\CCCCCCCCC)COC(=O)CCCCCCCCCCCCCCCC. The molecule has 0 aromatic rings. The van der Waals surface area contributed by atoms with Crippen LogP contribution in [0.25, 0.3) is 0 Å². The van der Waals surface area contributed by atoms with E-state index < -0.39 is 6.10 Å². The normalized spacial score (nSPS) is 12.2. The van der Waals surface area contributed by atoms with Crippen molar-refractivity contribution in [2.75, 3.05) is 13.2 Å². The molecule has 6 nitrogen and oxygen atoms in total. The Balaban J connectivity index is 4.38. The molecule has 0 rings (SSSR count). The van der Waals surface area contributed by atoms with Gasteiger partial charge in [0.15, 0.2) is 6.10 Å². The molecule has 0 amide bonds. The predicted molar refractivity (Wildman–Crippen MR) is 266 cm³/mol. The summed E-state index contributed by atoms with van der Waals surface area (Å²) in [6.07, 6.45) is 59.8. The van der Waals surface area contributed by atoms with E-state index in [1.165, 1.54) is 154 Å². The number of unbranched alkanes of at least 4 members (excludes halogenated alkanes) is 32. The standard InChI is InChI=1S/C56H102O6/c1-4-7-10-13-16-19-22-25-28-29-32-34-37-40-43-46-49-55(58)61-52-53(62-56(59)50-47-44-41-38-35-31-27-24-21-18-15-12-9-6-3)51-60-54(57)48-45-42-39-36-33-30-26-23-20-17-14-11-8-5-2/h15,18,24,27-29,53H,4-14,16-17,19-23,25-26,30-52H2,1-3H3/b18-15-,27-24-,29-28-/t53-/m1/s1. The van der Waals surface area contributed by atoms with Crippen molar-refractivity contribution in [1.29, 1.82) is 0 Å². The molecule has 0 aromatic heterocycles. The largest absolute Gasteiger partial charge is 0.462 e. The van der Waals surface area contributed by atoms with Gasteiger partial charge in [0.05, 0.1) is 0 Å². The highest BCUT2D eigenvalue weighted by molar-refractivity contribution is 5.71. The van der Waals surface area contributed by atoms with Crippen LogP contribution < -0.4 is 0 Å². The maximum Gasteiger partial charge on any atom is 0.306 e. The zero-order chi connectivity index (χ0) is 45.1. The number of esters is 3. The summed E-state index contributed by atoms with van der Waals surface area (Å²) in [5.41, 5.74) is 0. The summed E-state index contributed by atoms with van der Waals surface area (Å²) in [5.74, 6) is -0.888. The summed E-state index contributed by atoms with van der Waals surface area (Å²) in [5, 5.41) is 0. The van der Waals surface area contributed by atoms with E-state index >= 15 is 0 Å². The molecule has 62 heavy (non-hydrogen) atoms. The van der Waals surface area contributed by atoms with Crippen LogP contribution in [0.2, 0.25) is 0 Å². The number of rotatable bonds is 49. The van der Waals surface area contributed by atoms with Crippen LogP contribution in [0.5, 0.6) is 0 Å². The first-order valence-electron chi connectivity index (χ1n) is 27.0. The van der Waals surface area contributed by atoms with Gasteiger partial charge in [0, 0.05) is 19.3 Å². The molecule has 1 atom stereocenters. The summed E-state index contributed by atoms with van der Waals surface area (Å²) < 4.78 is 16.8. The van der Waals surface area contributed by atoms with Gasteiger partial charge in [-0.1, -0.05) is 231 Å². The van der Waals surface area contributed by atoms with Crippen LogP contribution in [-0.4, -0.2) is 37.2 Å². The highest BCUT2D eigenvalue weighted by atomic mass is 16.6. The lowest BCUT2D eigenvalue weighted by molar-refractivity contribution is -0.167. The van der Waals surface area contributed by atoms with Crippen LogP contribution in [0.3, 0.4) is 0 Å². The van der Waals surface area contributed by atoms with E-state index in [0.717, 1.165) is 89.9 Å². The number of carbonyl (C=O) groups is 3. The topological polar surface area (TPSA) is 78.9 Å². The molecule has 0 spiro atoms. The predicted octanol–water partition coefficient (Wildman–Crippen LogP) is 17.7. The Morgan fingerprint density at radius 2 is 0.597 bits per heavy atom. The van der Waals surface area contributed by atoms with Gasteiger partial charge in [-0.15, -0.1) is 0 Å². The van der Waals surface area contributed by atoms with E-state index in [9.17, 15) is 14.4 Å². The maximum absolute atomic E-state index is 12.8. The molecule has 0 bridgehead atoms. The molecule has 0 heterocycles. The number of hydrogen-bond donors (Lipinski definition) is 0.